The molecule has 2 aromatic carbocycles. The first-order valence-corrected chi connectivity index (χ1v) is 11.4. The van der Waals surface area contributed by atoms with Crippen molar-refractivity contribution in [2.75, 3.05) is 6.61 Å². The maximum Gasteiger partial charge on any atom is 0.126 e. The normalized spacial score (nSPS) is 18.4. The van der Waals surface area contributed by atoms with E-state index in [2.05, 4.69) is 0 Å². The fourth-order valence-corrected chi connectivity index (χ4v) is 4.28. The highest BCUT2D eigenvalue weighted by Crippen LogP contribution is 2.34. The van der Waals surface area contributed by atoms with E-state index in [-0.39, 0.29) is 19.3 Å². The molecule has 0 aliphatic heterocycles. The standard InChI is InChI=1S/C26H38O6/c1-4-18-9-7-11-20(13-18)15-25(31,6-3)24(30)26(32,23(29)22(28)17-27)16-21-12-8-10-19(5-2)14-21/h7-14,22-24,27-32H,4-6,15-17H2,1-3H3/t22-,23+,24+,25?,26+/m0/s1. The number of aryl methyl sites for hydroxylation is 2. The second kappa shape index (κ2) is 11.4. The van der Waals surface area contributed by atoms with E-state index < -0.39 is 36.1 Å². The summed E-state index contributed by atoms with van der Waals surface area (Å²) in [6.07, 6.45) is -3.84. The Morgan fingerprint density at radius 3 is 1.66 bits per heavy atom. The average molecular weight is 447 g/mol. The molecule has 0 bridgehead atoms. The first kappa shape index (κ1) is 26.5. The largest absolute Gasteiger partial charge is 0.394 e. The van der Waals surface area contributed by atoms with E-state index in [0.717, 1.165) is 29.5 Å². The fourth-order valence-electron chi connectivity index (χ4n) is 4.28. The first-order chi connectivity index (χ1) is 15.1. The SMILES string of the molecule is CCc1cccc(CC(O)(CC)[C@@H](O)[C@@](O)(Cc2cccc(CC)c2)[C@H](O)[C@@H](O)CO)c1. The average Bonchev–Trinajstić information content (AvgIpc) is 2.82. The Hall–Kier alpha value is -1.80. The summed E-state index contributed by atoms with van der Waals surface area (Å²) in [6, 6.07) is 15.0. The van der Waals surface area contributed by atoms with Gasteiger partial charge in [-0.15, -0.1) is 0 Å². The number of benzene rings is 2. The van der Waals surface area contributed by atoms with Gasteiger partial charge in [0.2, 0.25) is 0 Å². The number of rotatable bonds is 12. The van der Waals surface area contributed by atoms with Gasteiger partial charge in [-0.05, 0) is 41.5 Å². The van der Waals surface area contributed by atoms with Gasteiger partial charge in [0.05, 0.1) is 12.2 Å². The lowest BCUT2D eigenvalue weighted by molar-refractivity contribution is -0.229. The topological polar surface area (TPSA) is 121 Å². The Morgan fingerprint density at radius 2 is 1.22 bits per heavy atom. The van der Waals surface area contributed by atoms with E-state index in [1.165, 1.54) is 0 Å². The zero-order valence-electron chi connectivity index (χ0n) is 19.3. The van der Waals surface area contributed by atoms with Crippen LogP contribution in [-0.2, 0) is 25.7 Å². The minimum Gasteiger partial charge on any atom is -0.394 e. The van der Waals surface area contributed by atoms with Crippen LogP contribution in [0.5, 0.6) is 0 Å². The monoisotopic (exact) mass is 446 g/mol. The number of hydrogen-bond acceptors (Lipinski definition) is 6. The highest BCUT2D eigenvalue weighted by molar-refractivity contribution is 5.28. The third-order valence-corrected chi connectivity index (χ3v) is 6.46. The van der Waals surface area contributed by atoms with Crippen molar-refractivity contribution in [3.63, 3.8) is 0 Å². The van der Waals surface area contributed by atoms with Crippen molar-refractivity contribution >= 4 is 0 Å². The predicted octanol–water partition coefficient (Wildman–Crippen LogP) is 1.54. The van der Waals surface area contributed by atoms with Gasteiger partial charge in [0.15, 0.2) is 0 Å². The lowest BCUT2D eigenvalue weighted by Gasteiger charge is -2.46. The van der Waals surface area contributed by atoms with Crippen LogP contribution in [0.2, 0.25) is 0 Å². The van der Waals surface area contributed by atoms with Gasteiger partial charge in [-0.3, -0.25) is 0 Å². The van der Waals surface area contributed by atoms with Gasteiger partial charge in [0.1, 0.15) is 23.9 Å². The van der Waals surface area contributed by atoms with Gasteiger partial charge in [-0.1, -0.05) is 69.3 Å². The lowest BCUT2D eigenvalue weighted by Crippen LogP contribution is -2.66. The molecule has 2 rings (SSSR count). The maximum absolute atomic E-state index is 11.6. The van der Waals surface area contributed by atoms with Crippen molar-refractivity contribution in [1.29, 1.82) is 0 Å². The Morgan fingerprint density at radius 1 is 0.750 bits per heavy atom. The molecule has 2 aromatic rings. The van der Waals surface area contributed by atoms with Crippen molar-refractivity contribution in [2.24, 2.45) is 0 Å². The number of hydrogen-bond donors (Lipinski definition) is 6. The molecular weight excluding hydrogens is 408 g/mol. The van der Waals surface area contributed by atoms with E-state index in [4.69, 9.17) is 0 Å². The zero-order valence-corrected chi connectivity index (χ0v) is 19.3. The minimum atomic E-state index is -2.30. The van der Waals surface area contributed by atoms with Gasteiger partial charge >= 0.3 is 0 Å². The van der Waals surface area contributed by atoms with Crippen LogP contribution in [0.1, 0.15) is 49.4 Å². The minimum absolute atomic E-state index is 0.0533. The Kier molecular flexibility index (Phi) is 9.40. The second-order valence-electron chi connectivity index (χ2n) is 8.75. The summed E-state index contributed by atoms with van der Waals surface area (Å²) in [5, 5.41) is 64.7. The molecule has 0 amide bonds. The van der Waals surface area contributed by atoms with Crippen molar-refractivity contribution < 1.29 is 30.6 Å². The molecule has 0 heterocycles. The van der Waals surface area contributed by atoms with E-state index in [0.29, 0.717) is 5.56 Å². The summed E-state index contributed by atoms with van der Waals surface area (Å²) in [4.78, 5) is 0. The molecule has 32 heavy (non-hydrogen) atoms. The molecule has 5 atom stereocenters. The smallest absolute Gasteiger partial charge is 0.126 e. The molecule has 0 saturated carbocycles. The fraction of sp³-hybridized carbons (Fsp3) is 0.538. The van der Waals surface area contributed by atoms with E-state index in [1.54, 1.807) is 13.0 Å². The van der Waals surface area contributed by atoms with Gasteiger partial charge in [-0.25, -0.2) is 0 Å². The van der Waals surface area contributed by atoms with Gasteiger partial charge in [0, 0.05) is 12.8 Å². The van der Waals surface area contributed by atoms with Crippen LogP contribution in [0.4, 0.5) is 0 Å². The van der Waals surface area contributed by atoms with Crippen LogP contribution in [-0.4, -0.2) is 66.8 Å². The number of aliphatic hydroxyl groups is 6. The first-order valence-electron chi connectivity index (χ1n) is 11.4. The molecule has 0 fully saturated rings. The quantitative estimate of drug-likeness (QED) is 0.294. The molecule has 6 heteroatoms. The van der Waals surface area contributed by atoms with Crippen LogP contribution in [0.3, 0.4) is 0 Å². The zero-order chi connectivity index (χ0) is 23.9. The molecule has 0 aliphatic rings. The Bertz CT molecular complexity index is 856. The molecule has 0 radical (unpaired) electrons. The molecule has 6 nitrogen and oxygen atoms in total. The van der Waals surface area contributed by atoms with Crippen LogP contribution in [0.15, 0.2) is 48.5 Å². The van der Waals surface area contributed by atoms with E-state index in [9.17, 15) is 30.6 Å². The van der Waals surface area contributed by atoms with Gasteiger partial charge in [0.25, 0.3) is 0 Å². The summed E-state index contributed by atoms with van der Waals surface area (Å²) in [5.41, 5.74) is -0.556. The van der Waals surface area contributed by atoms with Crippen LogP contribution in [0.25, 0.3) is 0 Å². The molecule has 178 valence electrons. The van der Waals surface area contributed by atoms with Gasteiger partial charge in [-0.2, -0.15) is 0 Å². The predicted molar refractivity (Wildman–Crippen MR) is 124 cm³/mol. The van der Waals surface area contributed by atoms with Crippen LogP contribution in [0, 0.1) is 0 Å². The highest BCUT2D eigenvalue weighted by atomic mass is 16.4. The summed E-state index contributed by atoms with van der Waals surface area (Å²) in [6.45, 7) is 4.91. The molecule has 0 aliphatic carbocycles. The molecule has 6 N–H and O–H groups in total. The third-order valence-electron chi connectivity index (χ3n) is 6.46. The molecule has 0 spiro atoms. The van der Waals surface area contributed by atoms with Crippen molar-refractivity contribution in [3.8, 4) is 0 Å². The molecule has 1 unspecified atom stereocenters. The van der Waals surface area contributed by atoms with Crippen LogP contribution >= 0.6 is 0 Å². The summed E-state index contributed by atoms with van der Waals surface area (Å²) in [7, 11) is 0. The van der Waals surface area contributed by atoms with E-state index >= 15 is 0 Å². The van der Waals surface area contributed by atoms with Crippen molar-refractivity contribution in [2.45, 2.75) is 82.4 Å². The molecule has 0 saturated heterocycles. The lowest BCUT2D eigenvalue weighted by atomic mass is 9.72. The van der Waals surface area contributed by atoms with Crippen molar-refractivity contribution in [3.05, 3.63) is 70.8 Å². The highest BCUT2D eigenvalue weighted by Gasteiger charge is 2.53. The van der Waals surface area contributed by atoms with Crippen LogP contribution < -0.4 is 0 Å². The second-order valence-corrected chi connectivity index (χ2v) is 8.75. The Balaban J connectivity index is 2.46. The third kappa shape index (κ3) is 5.95. The summed E-state index contributed by atoms with van der Waals surface area (Å²) in [5.74, 6) is 0. The summed E-state index contributed by atoms with van der Waals surface area (Å²) >= 11 is 0. The van der Waals surface area contributed by atoms with Gasteiger partial charge < -0.3 is 30.6 Å². The molecular formula is C26H38O6. The van der Waals surface area contributed by atoms with Crippen molar-refractivity contribution in [1.82, 2.24) is 0 Å². The Labute approximate surface area is 190 Å². The number of aliphatic hydroxyl groups excluding tert-OH is 4. The maximum atomic E-state index is 11.6. The molecule has 0 aromatic heterocycles. The van der Waals surface area contributed by atoms with E-state index in [1.807, 2.05) is 56.3 Å². The summed E-state index contributed by atoms with van der Waals surface area (Å²) < 4.78 is 0.